The Morgan fingerprint density at radius 2 is 1.91 bits per heavy atom. The summed E-state index contributed by atoms with van der Waals surface area (Å²) in [6.45, 7) is -0.148. The minimum Gasteiger partial charge on any atom is -0.368 e. The molecule has 0 aliphatic heterocycles. The van der Waals surface area contributed by atoms with Crippen LogP contribution < -0.4 is 10.6 Å². The number of nitrogens with zero attached hydrogens (tertiary/aromatic N) is 6. The van der Waals surface area contributed by atoms with Gasteiger partial charge in [-0.1, -0.05) is 0 Å². The van der Waals surface area contributed by atoms with Crippen molar-refractivity contribution in [3.8, 4) is 28.5 Å². The lowest BCUT2D eigenvalue weighted by molar-refractivity contribution is -0.125. The predicted molar refractivity (Wildman–Crippen MR) is 117 cm³/mol. The van der Waals surface area contributed by atoms with Crippen LogP contribution in [0.15, 0.2) is 49.3 Å². The van der Waals surface area contributed by atoms with Gasteiger partial charge in [0.1, 0.15) is 30.1 Å². The van der Waals surface area contributed by atoms with Gasteiger partial charge in [-0.15, -0.1) is 0 Å². The first-order valence-electron chi connectivity index (χ1n) is 9.94. The number of H-pyrrole nitrogens is 1. The van der Waals surface area contributed by atoms with Gasteiger partial charge >= 0.3 is 6.18 Å². The Kier molecular flexibility index (Phi) is 5.85. The zero-order chi connectivity index (χ0) is 24.5. The van der Waals surface area contributed by atoms with Crippen molar-refractivity contribution in [2.45, 2.75) is 19.1 Å². The maximum absolute atomic E-state index is 13.2. The molecule has 0 saturated heterocycles. The minimum absolute atomic E-state index is 0.148. The molecule has 0 bridgehead atoms. The Balaban J connectivity index is 1.78. The van der Waals surface area contributed by atoms with E-state index in [0.717, 1.165) is 11.1 Å². The normalized spacial score (nSPS) is 12.3. The van der Waals surface area contributed by atoms with Crippen molar-refractivity contribution in [3.05, 3.63) is 54.9 Å². The van der Waals surface area contributed by atoms with Gasteiger partial charge in [0.15, 0.2) is 0 Å². The van der Waals surface area contributed by atoms with E-state index < -0.39 is 24.7 Å². The van der Waals surface area contributed by atoms with Gasteiger partial charge in [-0.3, -0.25) is 14.8 Å². The molecule has 0 radical (unpaired) electrons. The number of anilines is 1. The fourth-order valence-corrected chi connectivity index (χ4v) is 3.42. The van der Waals surface area contributed by atoms with Gasteiger partial charge in [0.2, 0.25) is 5.91 Å². The molecule has 0 aliphatic rings. The third-order valence-electron chi connectivity index (χ3n) is 5.15. The number of hydrogen-bond donors (Lipinski definition) is 2. The van der Waals surface area contributed by atoms with Crippen molar-refractivity contribution in [2.75, 3.05) is 11.4 Å². The highest BCUT2D eigenvalue weighted by Gasteiger charge is 2.35. The molecule has 0 unspecified atom stereocenters. The third kappa shape index (κ3) is 4.63. The van der Waals surface area contributed by atoms with E-state index in [2.05, 4.69) is 24.9 Å². The van der Waals surface area contributed by atoms with Gasteiger partial charge in [0, 0.05) is 46.9 Å². The number of hydrogen-bond acceptors (Lipinski definition) is 7. The monoisotopic (exact) mass is 466 g/mol. The molecule has 4 aromatic rings. The average Bonchev–Trinajstić information content (AvgIpc) is 3.25. The summed E-state index contributed by atoms with van der Waals surface area (Å²) in [6.07, 6.45) is 4.22. The molecule has 4 rings (SSSR count). The molecule has 0 aliphatic carbocycles. The fraction of sp³-hybridized carbons (Fsp3) is 0.182. The standard InChI is InChI=1S/C22H17F3N8O/c1-12(20(27)34)33(11-22(23,24)25)19-10-29-9-18(32-19)17-8-31-21-16(17)3-15(7-30-21)14-2-13(4-26)5-28-6-14/h2-3,5-10,12H,11H2,1H3,(H2,27,34)(H,30,31)/t12-/m1/s1. The summed E-state index contributed by atoms with van der Waals surface area (Å²) in [5, 5.41) is 9.76. The average molecular weight is 466 g/mol. The summed E-state index contributed by atoms with van der Waals surface area (Å²) in [5.41, 5.74) is 8.34. The Morgan fingerprint density at radius 3 is 2.62 bits per heavy atom. The molecule has 1 atom stereocenters. The van der Waals surface area contributed by atoms with E-state index in [1.54, 1.807) is 30.7 Å². The molecule has 3 N–H and O–H groups in total. The summed E-state index contributed by atoms with van der Waals surface area (Å²) < 4.78 is 39.5. The first-order valence-corrected chi connectivity index (χ1v) is 9.94. The van der Waals surface area contributed by atoms with E-state index in [1.165, 1.54) is 19.3 Å². The Labute approximate surface area is 191 Å². The number of aromatic amines is 1. The second-order valence-electron chi connectivity index (χ2n) is 7.48. The Hall–Kier alpha value is -4.53. The summed E-state index contributed by atoms with van der Waals surface area (Å²) in [6, 6.07) is 4.24. The molecule has 0 saturated carbocycles. The van der Waals surface area contributed by atoms with E-state index in [4.69, 9.17) is 11.0 Å². The number of amides is 1. The molecule has 0 aromatic carbocycles. The van der Waals surface area contributed by atoms with E-state index in [0.29, 0.717) is 33.3 Å². The van der Waals surface area contributed by atoms with E-state index >= 15 is 0 Å². The number of aromatic nitrogens is 5. The number of alkyl halides is 3. The largest absolute Gasteiger partial charge is 0.406 e. The van der Waals surface area contributed by atoms with Crippen LogP contribution in [-0.4, -0.2) is 49.6 Å². The van der Waals surface area contributed by atoms with Crippen LogP contribution in [0.1, 0.15) is 12.5 Å². The molecular weight excluding hydrogens is 449 g/mol. The SMILES string of the molecule is C[C@H](C(N)=O)N(CC(F)(F)F)c1cncc(-c2c[nH]c3ncc(-c4cncc(C#N)c4)cc23)n1. The van der Waals surface area contributed by atoms with E-state index in [-0.39, 0.29) is 11.5 Å². The van der Waals surface area contributed by atoms with E-state index in [1.807, 2.05) is 6.07 Å². The lowest BCUT2D eigenvalue weighted by atomic mass is 10.1. The number of nitrogens with one attached hydrogen (secondary N) is 1. The van der Waals surface area contributed by atoms with Crippen LogP contribution in [0, 0.1) is 11.3 Å². The predicted octanol–water partition coefficient (Wildman–Crippen LogP) is 3.20. The molecule has 4 heterocycles. The molecular formula is C22H17F3N8O. The van der Waals surface area contributed by atoms with Gasteiger partial charge < -0.3 is 15.6 Å². The van der Waals surface area contributed by atoms with Crippen LogP contribution in [0.2, 0.25) is 0 Å². The fourth-order valence-electron chi connectivity index (χ4n) is 3.42. The van der Waals surface area contributed by atoms with Gasteiger partial charge in [0.05, 0.1) is 23.7 Å². The van der Waals surface area contributed by atoms with Crippen LogP contribution in [0.25, 0.3) is 33.4 Å². The Morgan fingerprint density at radius 1 is 1.18 bits per heavy atom. The van der Waals surface area contributed by atoms with Crippen molar-refractivity contribution >= 4 is 22.8 Å². The number of nitriles is 1. The van der Waals surface area contributed by atoms with Crippen LogP contribution in [0.4, 0.5) is 19.0 Å². The van der Waals surface area contributed by atoms with Crippen molar-refractivity contribution in [1.29, 1.82) is 5.26 Å². The second kappa shape index (κ2) is 8.78. The van der Waals surface area contributed by atoms with Crippen molar-refractivity contribution in [3.63, 3.8) is 0 Å². The van der Waals surface area contributed by atoms with Gasteiger partial charge in [-0.05, 0) is 19.1 Å². The highest BCUT2D eigenvalue weighted by Crippen LogP contribution is 2.31. The van der Waals surface area contributed by atoms with E-state index in [9.17, 15) is 18.0 Å². The van der Waals surface area contributed by atoms with Crippen LogP contribution >= 0.6 is 0 Å². The second-order valence-corrected chi connectivity index (χ2v) is 7.48. The first kappa shape index (κ1) is 22.7. The number of fused-ring (bicyclic) bond motifs is 1. The van der Waals surface area contributed by atoms with Crippen molar-refractivity contribution in [1.82, 2.24) is 24.9 Å². The summed E-state index contributed by atoms with van der Waals surface area (Å²) >= 11 is 0. The third-order valence-corrected chi connectivity index (χ3v) is 5.15. The summed E-state index contributed by atoms with van der Waals surface area (Å²) in [7, 11) is 0. The zero-order valence-corrected chi connectivity index (χ0v) is 17.7. The lowest BCUT2D eigenvalue weighted by Crippen LogP contribution is -2.47. The number of pyridine rings is 2. The van der Waals surface area contributed by atoms with Crippen molar-refractivity contribution in [2.24, 2.45) is 5.73 Å². The summed E-state index contributed by atoms with van der Waals surface area (Å²) in [5.74, 6) is -1.07. The number of halogens is 3. The molecule has 0 spiro atoms. The van der Waals surface area contributed by atoms with Gasteiger partial charge in [0.25, 0.3) is 0 Å². The number of rotatable bonds is 6. The molecule has 9 nitrogen and oxygen atoms in total. The Bertz CT molecular complexity index is 1410. The molecule has 4 aromatic heterocycles. The van der Waals surface area contributed by atoms with Gasteiger partial charge in [-0.25, -0.2) is 9.97 Å². The maximum Gasteiger partial charge on any atom is 0.406 e. The quantitative estimate of drug-likeness (QED) is 0.445. The number of primary amides is 1. The molecule has 34 heavy (non-hydrogen) atoms. The molecule has 0 fully saturated rings. The molecule has 172 valence electrons. The molecule has 1 amide bonds. The number of carbonyl (C=O) groups excluding carboxylic acids is 1. The smallest absolute Gasteiger partial charge is 0.368 e. The lowest BCUT2D eigenvalue weighted by Gasteiger charge is -2.29. The highest BCUT2D eigenvalue weighted by atomic mass is 19.4. The summed E-state index contributed by atoms with van der Waals surface area (Å²) in [4.78, 5) is 32.2. The van der Waals surface area contributed by atoms with Crippen LogP contribution in [-0.2, 0) is 4.79 Å². The first-order chi connectivity index (χ1) is 16.2. The zero-order valence-electron chi connectivity index (χ0n) is 17.7. The van der Waals surface area contributed by atoms with Crippen molar-refractivity contribution < 1.29 is 18.0 Å². The number of carbonyl (C=O) groups is 1. The van der Waals surface area contributed by atoms with Crippen LogP contribution in [0.5, 0.6) is 0 Å². The minimum atomic E-state index is -4.59. The molecule has 12 heteroatoms. The van der Waals surface area contributed by atoms with Gasteiger partial charge in [-0.2, -0.15) is 18.4 Å². The van der Waals surface area contributed by atoms with Crippen LogP contribution in [0.3, 0.4) is 0 Å². The topological polar surface area (TPSA) is 137 Å². The highest BCUT2D eigenvalue weighted by molar-refractivity contribution is 5.95. The maximum atomic E-state index is 13.2. The number of nitrogens with two attached hydrogens (primary N) is 1.